The molecule has 0 aliphatic heterocycles. The van der Waals surface area contributed by atoms with Crippen LogP contribution in [0.15, 0.2) is 29.4 Å². The SMILES string of the molecule is CC(C)(C)OC(=O)N/N=C\c1ccc(OCC(=O)O)cc1. The number of nitrogens with one attached hydrogen (secondary N) is 1. The van der Waals surface area contributed by atoms with Gasteiger partial charge in [0.1, 0.15) is 11.4 Å². The number of hydrogen-bond donors (Lipinski definition) is 2. The van der Waals surface area contributed by atoms with E-state index in [1.807, 2.05) is 0 Å². The van der Waals surface area contributed by atoms with E-state index in [2.05, 4.69) is 10.5 Å². The van der Waals surface area contributed by atoms with E-state index in [1.165, 1.54) is 6.21 Å². The molecule has 21 heavy (non-hydrogen) atoms. The Morgan fingerprint density at radius 1 is 1.29 bits per heavy atom. The first kappa shape index (κ1) is 16.5. The standard InChI is InChI=1S/C14H18N2O5/c1-14(2,3)21-13(19)16-15-8-10-4-6-11(7-5-10)20-9-12(17)18/h4-8H,9H2,1-3H3,(H,16,19)(H,17,18)/b15-8-. The van der Waals surface area contributed by atoms with Crippen LogP contribution in [-0.2, 0) is 9.53 Å². The van der Waals surface area contributed by atoms with Crippen LogP contribution in [0.25, 0.3) is 0 Å². The highest BCUT2D eigenvalue weighted by Crippen LogP contribution is 2.11. The first-order valence-electron chi connectivity index (χ1n) is 6.23. The highest BCUT2D eigenvalue weighted by Gasteiger charge is 2.15. The summed E-state index contributed by atoms with van der Waals surface area (Å²) < 4.78 is 10.00. The van der Waals surface area contributed by atoms with Crippen molar-refractivity contribution in [3.05, 3.63) is 29.8 Å². The molecule has 0 aliphatic rings. The molecule has 0 unspecified atom stereocenters. The fraction of sp³-hybridized carbons (Fsp3) is 0.357. The second-order valence-electron chi connectivity index (χ2n) is 5.12. The first-order chi connectivity index (χ1) is 9.76. The number of aliphatic carboxylic acids is 1. The number of hydrazone groups is 1. The Labute approximate surface area is 122 Å². The lowest BCUT2D eigenvalue weighted by Crippen LogP contribution is -2.29. The summed E-state index contributed by atoms with van der Waals surface area (Å²) in [4.78, 5) is 21.7. The van der Waals surface area contributed by atoms with Crippen molar-refractivity contribution in [3.8, 4) is 5.75 Å². The molecule has 0 aliphatic carbocycles. The third-order valence-corrected chi connectivity index (χ3v) is 2.01. The monoisotopic (exact) mass is 294 g/mol. The molecule has 0 radical (unpaired) electrons. The molecule has 2 N–H and O–H groups in total. The van der Waals surface area contributed by atoms with E-state index in [9.17, 15) is 9.59 Å². The number of nitrogens with zero attached hydrogens (tertiary/aromatic N) is 1. The molecule has 0 bridgehead atoms. The molecule has 1 aromatic rings. The predicted molar refractivity (Wildman–Crippen MR) is 76.5 cm³/mol. The predicted octanol–water partition coefficient (Wildman–Crippen LogP) is 2.01. The van der Waals surface area contributed by atoms with E-state index in [-0.39, 0.29) is 0 Å². The van der Waals surface area contributed by atoms with Gasteiger partial charge in [-0.15, -0.1) is 0 Å². The Morgan fingerprint density at radius 3 is 2.43 bits per heavy atom. The number of ether oxygens (including phenoxy) is 2. The summed E-state index contributed by atoms with van der Waals surface area (Å²) in [5.41, 5.74) is 2.38. The van der Waals surface area contributed by atoms with Crippen LogP contribution in [0.1, 0.15) is 26.3 Å². The third-order valence-electron chi connectivity index (χ3n) is 2.01. The van der Waals surface area contributed by atoms with E-state index >= 15 is 0 Å². The van der Waals surface area contributed by atoms with Gasteiger partial charge in [-0.05, 0) is 50.6 Å². The van der Waals surface area contributed by atoms with Crippen molar-refractivity contribution in [2.24, 2.45) is 5.10 Å². The zero-order valence-corrected chi connectivity index (χ0v) is 12.1. The van der Waals surface area contributed by atoms with Gasteiger partial charge in [0, 0.05) is 0 Å². The molecule has 0 aromatic heterocycles. The molecule has 7 nitrogen and oxygen atoms in total. The Hall–Kier alpha value is -2.57. The number of benzene rings is 1. The minimum Gasteiger partial charge on any atom is -0.482 e. The van der Waals surface area contributed by atoms with Crippen LogP contribution in [-0.4, -0.2) is 35.6 Å². The molecular formula is C14H18N2O5. The molecule has 1 amide bonds. The van der Waals surface area contributed by atoms with E-state index in [4.69, 9.17) is 14.6 Å². The summed E-state index contributed by atoms with van der Waals surface area (Å²) >= 11 is 0. The molecule has 0 saturated heterocycles. The third kappa shape index (κ3) is 7.56. The Bertz CT molecular complexity index is 517. The number of carboxylic acids is 1. The highest BCUT2D eigenvalue weighted by atomic mass is 16.6. The highest BCUT2D eigenvalue weighted by molar-refractivity contribution is 5.81. The molecular weight excluding hydrogens is 276 g/mol. The van der Waals surface area contributed by atoms with Crippen molar-refractivity contribution in [1.29, 1.82) is 0 Å². The molecule has 0 spiro atoms. The van der Waals surface area contributed by atoms with Gasteiger partial charge in [0.2, 0.25) is 0 Å². The van der Waals surface area contributed by atoms with Gasteiger partial charge in [-0.25, -0.2) is 15.0 Å². The number of carbonyl (C=O) groups excluding carboxylic acids is 1. The van der Waals surface area contributed by atoms with Crippen LogP contribution < -0.4 is 10.2 Å². The van der Waals surface area contributed by atoms with Crippen LogP contribution in [0.4, 0.5) is 4.79 Å². The average molecular weight is 294 g/mol. The van der Waals surface area contributed by atoms with Gasteiger partial charge in [0.05, 0.1) is 6.21 Å². The van der Waals surface area contributed by atoms with Crippen LogP contribution >= 0.6 is 0 Å². The quantitative estimate of drug-likeness (QED) is 0.639. The molecule has 1 rings (SSSR count). The summed E-state index contributed by atoms with van der Waals surface area (Å²) in [5.74, 6) is -0.600. The lowest BCUT2D eigenvalue weighted by Gasteiger charge is -2.18. The van der Waals surface area contributed by atoms with E-state index in [0.717, 1.165) is 0 Å². The summed E-state index contributed by atoms with van der Waals surface area (Å²) in [6.07, 6.45) is 0.797. The Balaban J connectivity index is 2.46. The summed E-state index contributed by atoms with van der Waals surface area (Å²) in [6.45, 7) is 4.87. The van der Waals surface area contributed by atoms with Gasteiger partial charge in [0.25, 0.3) is 0 Å². The smallest absolute Gasteiger partial charge is 0.428 e. The number of hydrogen-bond acceptors (Lipinski definition) is 5. The van der Waals surface area contributed by atoms with Gasteiger partial charge in [-0.2, -0.15) is 5.10 Å². The van der Waals surface area contributed by atoms with Crippen LogP contribution in [0, 0.1) is 0 Å². The Morgan fingerprint density at radius 2 is 1.90 bits per heavy atom. The van der Waals surface area contributed by atoms with Crippen LogP contribution in [0.3, 0.4) is 0 Å². The topological polar surface area (TPSA) is 97.2 Å². The molecule has 1 aromatic carbocycles. The maximum atomic E-state index is 11.3. The van der Waals surface area contributed by atoms with Crippen molar-refractivity contribution >= 4 is 18.3 Å². The van der Waals surface area contributed by atoms with Crippen LogP contribution in [0.5, 0.6) is 5.75 Å². The molecule has 114 valence electrons. The fourth-order valence-electron chi connectivity index (χ4n) is 1.26. The number of rotatable bonds is 5. The van der Waals surface area contributed by atoms with E-state index in [1.54, 1.807) is 45.0 Å². The summed E-state index contributed by atoms with van der Waals surface area (Å²) in [6, 6.07) is 6.57. The molecule has 7 heteroatoms. The molecule has 0 atom stereocenters. The second-order valence-corrected chi connectivity index (χ2v) is 5.12. The minimum absolute atomic E-state index is 0.395. The lowest BCUT2D eigenvalue weighted by molar-refractivity contribution is -0.139. The van der Waals surface area contributed by atoms with Crippen molar-refractivity contribution < 1.29 is 24.2 Å². The van der Waals surface area contributed by atoms with Gasteiger partial charge in [0.15, 0.2) is 6.61 Å². The normalized spacial score (nSPS) is 11.2. The zero-order valence-electron chi connectivity index (χ0n) is 12.1. The van der Waals surface area contributed by atoms with E-state index < -0.39 is 24.3 Å². The van der Waals surface area contributed by atoms with E-state index in [0.29, 0.717) is 11.3 Å². The lowest BCUT2D eigenvalue weighted by atomic mass is 10.2. The largest absolute Gasteiger partial charge is 0.482 e. The van der Waals surface area contributed by atoms with Gasteiger partial charge in [-0.1, -0.05) is 0 Å². The van der Waals surface area contributed by atoms with Gasteiger partial charge >= 0.3 is 12.1 Å². The van der Waals surface area contributed by atoms with Gasteiger partial charge in [-0.3, -0.25) is 0 Å². The van der Waals surface area contributed by atoms with Gasteiger partial charge < -0.3 is 14.6 Å². The summed E-state index contributed by atoms with van der Waals surface area (Å²) in [7, 11) is 0. The number of carboxylic acid groups (broad SMARTS) is 1. The molecule has 0 saturated carbocycles. The fourth-order valence-corrected chi connectivity index (χ4v) is 1.26. The Kier molecular flexibility index (Phi) is 5.71. The van der Waals surface area contributed by atoms with Crippen molar-refractivity contribution in [2.75, 3.05) is 6.61 Å². The molecule has 0 heterocycles. The first-order valence-corrected chi connectivity index (χ1v) is 6.23. The minimum atomic E-state index is -1.04. The summed E-state index contributed by atoms with van der Waals surface area (Å²) in [5, 5.41) is 12.2. The maximum Gasteiger partial charge on any atom is 0.428 e. The maximum absolute atomic E-state index is 11.3. The number of amides is 1. The second kappa shape index (κ2) is 7.28. The van der Waals surface area contributed by atoms with Crippen LogP contribution in [0.2, 0.25) is 0 Å². The molecule has 0 fully saturated rings. The van der Waals surface area contributed by atoms with Crippen molar-refractivity contribution in [3.63, 3.8) is 0 Å². The van der Waals surface area contributed by atoms with Crippen molar-refractivity contribution in [2.45, 2.75) is 26.4 Å². The van der Waals surface area contributed by atoms with Crippen molar-refractivity contribution in [1.82, 2.24) is 5.43 Å². The number of carbonyl (C=O) groups is 2. The average Bonchev–Trinajstić information content (AvgIpc) is 2.35. The zero-order chi connectivity index (χ0) is 15.9.